The normalized spacial score (nSPS) is 13.9. The molecule has 2 aromatic heterocycles. The second kappa shape index (κ2) is 7.03. The van der Waals surface area contributed by atoms with Gasteiger partial charge in [0.05, 0.1) is 31.2 Å². The lowest BCUT2D eigenvalue weighted by Gasteiger charge is -2.41. The van der Waals surface area contributed by atoms with Crippen LogP contribution in [0, 0.1) is 5.82 Å². The van der Waals surface area contributed by atoms with Gasteiger partial charge >= 0.3 is 0 Å². The first-order chi connectivity index (χ1) is 13.1. The van der Waals surface area contributed by atoms with Crippen LogP contribution in [0.15, 0.2) is 61.1 Å². The van der Waals surface area contributed by atoms with Gasteiger partial charge in [-0.15, -0.1) is 0 Å². The van der Waals surface area contributed by atoms with Crippen molar-refractivity contribution in [2.24, 2.45) is 5.73 Å². The molecule has 1 aliphatic rings. The van der Waals surface area contributed by atoms with E-state index in [4.69, 9.17) is 10.5 Å². The molecule has 1 aromatic carbocycles. The maximum atomic E-state index is 13.3. The van der Waals surface area contributed by atoms with Crippen molar-refractivity contribution in [3.05, 3.63) is 72.6 Å². The fraction of sp³-hybridized carbons (Fsp3) is 0.150. The number of hydrogen-bond acceptors (Lipinski definition) is 5. The molecule has 1 fully saturated rings. The summed E-state index contributed by atoms with van der Waals surface area (Å²) in [6.07, 6.45) is 5.03. The van der Waals surface area contributed by atoms with Gasteiger partial charge in [-0.25, -0.2) is 9.37 Å². The number of nitrogens with zero attached hydrogens (tertiary/aromatic N) is 3. The number of nitrogens with two attached hydrogens (primary N) is 1. The Balaban J connectivity index is 1.57. The van der Waals surface area contributed by atoms with Gasteiger partial charge in [-0.05, 0) is 35.9 Å². The van der Waals surface area contributed by atoms with E-state index in [1.165, 1.54) is 12.1 Å². The van der Waals surface area contributed by atoms with Crippen molar-refractivity contribution in [1.29, 1.82) is 0 Å². The number of carbonyl (C=O) groups excluding carboxylic acids is 1. The van der Waals surface area contributed by atoms with Crippen molar-refractivity contribution in [1.82, 2.24) is 9.97 Å². The van der Waals surface area contributed by atoms with Crippen LogP contribution in [0.2, 0.25) is 0 Å². The topological polar surface area (TPSA) is 81.3 Å². The monoisotopic (exact) mass is 364 g/mol. The van der Waals surface area contributed by atoms with Crippen LogP contribution in [0.4, 0.5) is 10.1 Å². The molecule has 0 atom stereocenters. The molecule has 3 heterocycles. The van der Waals surface area contributed by atoms with Crippen LogP contribution in [0.25, 0.3) is 11.1 Å². The van der Waals surface area contributed by atoms with Crippen molar-refractivity contribution >= 4 is 11.6 Å². The summed E-state index contributed by atoms with van der Waals surface area (Å²) >= 11 is 0. The number of anilines is 1. The minimum atomic E-state index is -0.605. The number of rotatable bonds is 5. The van der Waals surface area contributed by atoms with Gasteiger partial charge in [0.15, 0.2) is 0 Å². The highest BCUT2D eigenvalue weighted by atomic mass is 19.1. The molecule has 2 N–H and O–H groups in total. The predicted octanol–water partition coefficient (Wildman–Crippen LogP) is 2.65. The van der Waals surface area contributed by atoms with Gasteiger partial charge in [-0.2, -0.15) is 0 Å². The predicted molar refractivity (Wildman–Crippen MR) is 99.0 cm³/mol. The standard InChI is InChI=1S/C20H17FN4O2/c21-14-5-3-13(4-6-14)17-8-18(20(22)26)24-10-19(17)25-11-16(12-25)27-15-2-1-7-23-9-15/h1-10,16H,11-12H2,(H2,22,26). The summed E-state index contributed by atoms with van der Waals surface area (Å²) in [6, 6.07) is 11.4. The Morgan fingerprint density at radius 3 is 2.63 bits per heavy atom. The number of ether oxygens (including phenoxy) is 1. The van der Waals surface area contributed by atoms with E-state index in [2.05, 4.69) is 14.9 Å². The number of halogens is 1. The third-order valence-corrected chi connectivity index (χ3v) is 4.42. The van der Waals surface area contributed by atoms with Gasteiger partial charge < -0.3 is 15.4 Å². The highest BCUT2D eigenvalue weighted by Crippen LogP contribution is 2.34. The molecule has 0 unspecified atom stereocenters. The summed E-state index contributed by atoms with van der Waals surface area (Å²) in [7, 11) is 0. The number of primary amides is 1. The number of aromatic nitrogens is 2. The van der Waals surface area contributed by atoms with E-state index in [0.29, 0.717) is 13.1 Å². The molecule has 7 heteroatoms. The fourth-order valence-electron chi connectivity index (χ4n) is 3.01. The minimum absolute atomic E-state index is 0.0334. The first-order valence-corrected chi connectivity index (χ1v) is 8.47. The zero-order valence-electron chi connectivity index (χ0n) is 14.4. The van der Waals surface area contributed by atoms with Crippen LogP contribution in [-0.2, 0) is 0 Å². The Hall–Kier alpha value is -3.48. The van der Waals surface area contributed by atoms with E-state index in [0.717, 1.165) is 22.6 Å². The average molecular weight is 364 g/mol. The van der Waals surface area contributed by atoms with E-state index >= 15 is 0 Å². The van der Waals surface area contributed by atoms with Crippen molar-refractivity contribution in [3.8, 4) is 16.9 Å². The van der Waals surface area contributed by atoms with Gasteiger partial charge in [0, 0.05) is 11.8 Å². The average Bonchev–Trinajstić information content (AvgIpc) is 2.65. The highest BCUT2D eigenvalue weighted by Gasteiger charge is 2.31. The van der Waals surface area contributed by atoms with Gasteiger partial charge in [0.1, 0.15) is 23.4 Å². The lowest BCUT2D eigenvalue weighted by Crippen LogP contribution is -2.54. The zero-order valence-corrected chi connectivity index (χ0v) is 14.4. The molecule has 27 heavy (non-hydrogen) atoms. The molecule has 1 amide bonds. The molecule has 0 spiro atoms. The smallest absolute Gasteiger partial charge is 0.267 e. The Kier molecular flexibility index (Phi) is 4.42. The van der Waals surface area contributed by atoms with E-state index in [9.17, 15) is 9.18 Å². The van der Waals surface area contributed by atoms with Gasteiger partial charge in [0.25, 0.3) is 5.91 Å². The third-order valence-electron chi connectivity index (χ3n) is 4.42. The molecule has 1 aliphatic heterocycles. The second-order valence-corrected chi connectivity index (χ2v) is 6.29. The van der Waals surface area contributed by atoms with Gasteiger partial charge in [-0.1, -0.05) is 12.1 Å². The highest BCUT2D eigenvalue weighted by molar-refractivity contribution is 5.93. The molecule has 4 rings (SSSR count). The molecular weight excluding hydrogens is 347 g/mol. The lowest BCUT2D eigenvalue weighted by molar-refractivity contribution is 0.0995. The van der Waals surface area contributed by atoms with Crippen molar-refractivity contribution in [2.75, 3.05) is 18.0 Å². The van der Waals surface area contributed by atoms with Crippen LogP contribution in [0.3, 0.4) is 0 Å². The fourth-order valence-corrected chi connectivity index (χ4v) is 3.01. The Morgan fingerprint density at radius 2 is 1.96 bits per heavy atom. The van der Waals surface area contributed by atoms with Crippen molar-refractivity contribution in [3.63, 3.8) is 0 Å². The van der Waals surface area contributed by atoms with Crippen LogP contribution < -0.4 is 15.4 Å². The van der Waals surface area contributed by atoms with E-state index < -0.39 is 5.91 Å². The molecule has 6 nitrogen and oxygen atoms in total. The number of pyridine rings is 2. The second-order valence-electron chi connectivity index (χ2n) is 6.29. The summed E-state index contributed by atoms with van der Waals surface area (Å²) in [5, 5.41) is 0. The number of hydrogen-bond donors (Lipinski definition) is 1. The quantitative estimate of drug-likeness (QED) is 0.753. The van der Waals surface area contributed by atoms with Crippen molar-refractivity contribution < 1.29 is 13.9 Å². The maximum absolute atomic E-state index is 13.3. The number of carbonyl (C=O) groups is 1. The molecule has 0 saturated carbocycles. The lowest BCUT2D eigenvalue weighted by atomic mass is 10.0. The summed E-state index contributed by atoms with van der Waals surface area (Å²) in [4.78, 5) is 21.8. The van der Waals surface area contributed by atoms with E-state index in [-0.39, 0.29) is 17.6 Å². The molecule has 3 aromatic rings. The third kappa shape index (κ3) is 3.57. The Labute approximate surface area is 155 Å². The maximum Gasteiger partial charge on any atom is 0.267 e. The minimum Gasteiger partial charge on any atom is -0.485 e. The SMILES string of the molecule is NC(=O)c1cc(-c2ccc(F)cc2)c(N2CC(Oc3cccnc3)C2)cn1. The van der Waals surface area contributed by atoms with Crippen LogP contribution in [0.5, 0.6) is 5.75 Å². The number of benzene rings is 1. The van der Waals surface area contributed by atoms with Gasteiger partial charge in [0.2, 0.25) is 0 Å². The molecular formula is C20H17FN4O2. The van der Waals surface area contributed by atoms with Crippen LogP contribution in [-0.4, -0.2) is 35.1 Å². The first-order valence-electron chi connectivity index (χ1n) is 8.47. The molecule has 0 aliphatic carbocycles. The molecule has 0 radical (unpaired) electrons. The Morgan fingerprint density at radius 1 is 1.19 bits per heavy atom. The number of amides is 1. The van der Waals surface area contributed by atoms with E-state index in [1.807, 2.05) is 12.1 Å². The van der Waals surface area contributed by atoms with E-state index in [1.54, 1.807) is 36.8 Å². The van der Waals surface area contributed by atoms with Crippen LogP contribution >= 0.6 is 0 Å². The summed E-state index contributed by atoms with van der Waals surface area (Å²) in [5.74, 6) is -0.201. The van der Waals surface area contributed by atoms with Crippen LogP contribution in [0.1, 0.15) is 10.5 Å². The molecule has 1 saturated heterocycles. The van der Waals surface area contributed by atoms with Crippen molar-refractivity contribution in [2.45, 2.75) is 6.10 Å². The van der Waals surface area contributed by atoms with Gasteiger partial charge in [-0.3, -0.25) is 9.78 Å². The Bertz CT molecular complexity index is 957. The molecule has 136 valence electrons. The summed E-state index contributed by atoms with van der Waals surface area (Å²) in [6.45, 7) is 1.33. The summed E-state index contributed by atoms with van der Waals surface area (Å²) in [5.41, 5.74) is 7.94. The summed E-state index contributed by atoms with van der Waals surface area (Å²) < 4.78 is 19.2. The largest absolute Gasteiger partial charge is 0.485 e. The molecule has 0 bridgehead atoms. The zero-order chi connectivity index (χ0) is 18.8. The first kappa shape index (κ1) is 17.0.